The minimum Gasteiger partial charge on any atom is -0.497 e. The predicted molar refractivity (Wildman–Crippen MR) is 77.7 cm³/mol. The zero-order valence-corrected chi connectivity index (χ0v) is 12.9. The average molecular weight is 324 g/mol. The van der Waals surface area contributed by atoms with Gasteiger partial charge in [0.2, 0.25) is 0 Å². The minimum absolute atomic E-state index is 0.0589. The van der Waals surface area contributed by atoms with Gasteiger partial charge in [0.05, 0.1) is 32.0 Å². The molecule has 0 aromatic rings. The van der Waals surface area contributed by atoms with Crippen LogP contribution in [0.15, 0.2) is 23.5 Å². The molecular weight excluding hydrogens is 304 g/mol. The summed E-state index contributed by atoms with van der Waals surface area (Å²) in [6.07, 6.45) is 3.68. The van der Waals surface area contributed by atoms with Gasteiger partial charge in [0.15, 0.2) is 0 Å². The molecule has 4 atom stereocenters. The first kappa shape index (κ1) is 16.0. The maximum atomic E-state index is 12.0. The number of epoxide rings is 2. The van der Waals surface area contributed by atoms with Crippen molar-refractivity contribution in [1.82, 2.24) is 0 Å². The van der Waals surface area contributed by atoms with Gasteiger partial charge in [0.25, 0.3) is 0 Å². The lowest BCUT2D eigenvalue weighted by molar-refractivity contribution is -0.160. The molecule has 0 amide bonds. The van der Waals surface area contributed by atoms with Crippen molar-refractivity contribution in [2.75, 3.05) is 19.8 Å². The summed E-state index contributed by atoms with van der Waals surface area (Å²) in [6.45, 7) is 3.12. The van der Waals surface area contributed by atoms with Gasteiger partial charge in [-0.05, 0) is 18.9 Å². The third-order valence-corrected chi connectivity index (χ3v) is 4.44. The van der Waals surface area contributed by atoms with Crippen molar-refractivity contribution >= 4 is 11.9 Å². The summed E-state index contributed by atoms with van der Waals surface area (Å²) in [5.41, 5.74) is -0.846. The van der Waals surface area contributed by atoms with Crippen molar-refractivity contribution < 1.29 is 34.0 Å². The van der Waals surface area contributed by atoms with Crippen molar-refractivity contribution in [2.45, 2.75) is 32.0 Å². The summed E-state index contributed by atoms with van der Waals surface area (Å²) in [7, 11) is 0. The second-order valence-corrected chi connectivity index (χ2v) is 6.09. The molecule has 7 heteroatoms. The Hall–Kier alpha value is -1.86. The van der Waals surface area contributed by atoms with Crippen molar-refractivity contribution in [3.8, 4) is 0 Å². The highest BCUT2D eigenvalue weighted by Gasteiger charge is 2.55. The Bertz CT molecular complexity index is 571. The zero-order chi connectivity index (χ0) is 16.6. The average Bonchev–Trinajstić information content (AvgIpc) is 3.37. The van der Waals surface area contributed by atoms with E-state index in [1.807, 2.05) is 0 Å². The van der Waals surface area contributed by atoms with Crippen LogP contribution < -0.4 is 0 Å². The quantitative estimate of drug-likeness (QED) is 0.646. The number of carboxylic acids is 2. The molecule has 2 N–H and O–H groups in total. The first-order chi connectivity index (χ1) is 11.0. The molecule has 4 unspecified atom stereocenters. The second kappa shape index (κ2) is 5.98. The first-order valence-electron chi connectivity index (χ1n) is 7.72. The molecule has 0 aromatic carbocycles. The fraction of sp³-hybridized carbons (Fsp3) is 0.625. The second-order valence-electron chi connectivity index (χ2n) is 6.09. The first-order valence-corrected chi connectivity index (χ1v) is 7.72. The Balaban J connectivity index is 2.01. The maximum Gasteiger partial charge on any atom is 0.315 e. The maximum absolute atomic E-state index is 12.0. The molecule has 0 spiro atoms. The van der Waals surface area contributed by atoms with E-state index in [2.05, 4.69) is 0 Å². The van der Waals surface area contributed by atoms with Crippen LogP contribution in [0.2, 0.25) is 0 Å². The van der Waals surface area contributed by atoms with Gasteiger partial charge in [0, 0.05) is 6.42 Å². The molecule has 7 nitrogen and oxygen atoms in total. The Kier molecular flexibility index (Phi) is 4.16. The molecule has 2 aliphatic heterocycles. The van der Waals surface area contributed by atoms with Gasteiger partial charge in [-0.3, -0.25) is 9.59 Å². The van der Waals surface area contributed by atoms with Gasteiger partial charge >= 0.3 is 11.9 Å². The molecule has 3 aliphatic rings. The van der Waals surface area contributed by atoms with E-state index in [1.54, 1.807) is 13.0 Å². The smallest absolute Gasteiger partial charge is 0.315 e. The number of ether oxygens (including phenoxy) is 3. The third-order valence-electron chi connectivity index (χ3n) is 4.44. The summed E-state index contributed by atoms with van der Waals surface area (Å²) < 4.78 is 15.9. The molecule has 23 heavy (non-hydrogen) atoms. The van der Waals surface area contributed by atoms with Crippen molar-refractivity contribution in [3.05, 3.63) is 23.5 Å². The minimum atomic E-state index is -1.55. The normalized spacial score (nSPS) is 35.1. The van der Waals surface area contributed by atoms with Gasteiger partial charge < -0.3 is 24.4 Å². The summed E-state index contributed by atoms with van der Waals surface area (Å²) >= 11 is 0. The highest BCUT2D eigenvalue weighted by Crippen LogP contribution is 2.47. The standard InChI is InChI=1S/C16H20O7/c1-2-21-13-9(5-10-7-22-10)3-4-16(15(19)20,6-11-8-23-11)12(13)14(17)18/h3-4,10-12H,2,5-8H2,1H3,(H,17,18)(H,19,20). The number of carboxylic acid groups (broad SMARTS) is 2. The Labute approximate surface area is 133 Å². The lowest BCUT2D eigenvalue weighted by Gasteiger charge is -2.36. The lowest BCUT2D eigenvalue weighted by atomic mass is 9.67. The molecule has 0 saturated carbocycles. The Morgan fingerprint density at radius 1 is 1.30 bits per heavy atom. The number of aliphatic carboxylic acids is 2. The van der Waals surface area contributed by atoms with Crippen LogP contribution in [0.3, 0.4) is 0 Å². The van der Waals surface area contributed by atoms with Crippen LogP contribution >= 0.6 is 0 Å². The van der Waals surface area contributed by atoms with Crippen LogP contribution in [0, 0.1) is 11.3 Å². The molecule has 2 heterocycles. The van der Waals surface area contributed by atoms with Crippen LogP contribution in [0.1, 0.15) is 19.8 Å². The molecule has 126 valence electrons. The highest BCUT2D eigenvalue weighted by molar-refractivity contribution is 5.88. The molecule has 0 radical (unpaired) electrons. The van der Waals surface area contributed by atoms with Crippen LogP contribution in [0.25, 0.3) is 0 Å². The third kappa shape index (κ3) is 3.11. The molecule has 0 aromatic heterocycles. The largest absolute Gasteiger partial charge is 0.497 e. The molecule has 2 saturated heterocycles. The molecule has 2 fully saturated rings. The van der Waals surface area contributed by atoms with E-state index in [1.165, 1.54) is 6.08 Å². The van der Waals surface area contributed by atoms with Crippen LogP contribution in [-0.2, 0) is 23.8 Å². The van der Waals surface area contributed by atoms with E-state index < -0.39 is 23.3 Å². The monoisotopic (exact) mass is 324 g/mol. The van der Waals surface area contributed by atoms with Crippen LogP contribution in [0.4, 0.5) is 0 Å². The summed E-state index contributed by atoms with van der Waals surface area (Å²) in [6, 6.07) is 0. The number of allylic oxidation sites excluding steroid dienone is 1. The Morgan fingerprint density at radius 2 is 1.96 bits per heavy atom. The van der Waals surface area contributed by atoms with Gasteiger partial charge in [-0.15, -0.1) is 0 Å². The Morgan fingerprint density at radius 3 is 2.43 bits per heavy atom. The number of hydrogen-bond donors (Lipinski definition) is 2. The zero-order valence-electron chi connectivity index (χ0n) is 12.9. The van der Waals surface area contributed by atoms with Crippen molar-refractivity contribution in [3.63, 3.8) is 0 Å². The van der Waals surface area contributed by atoms with E-state index in [4.69, 9.17) is 14.2 Å². The SMILES string of the molecule is CCOC1=C(CC2CO2)C=CC(CC2CO2)(C(=O)O)C1C(=O)O. The van der Waals surface area contributed by atoms with E-state index in [-0.39, 0.29) is 31.0 Å². The van der Waals surface area contributed by atoms with Crippen molar-refractivity contribution in [1.29, 1.82) is 0 Å². The number of rotatable bonds is 8. The summed E-state index contributed by atoms with van der Waals surface area (Å²) in [5, 5.41) is 19.5. The van der Waals surface area contributed by atoms with Crippen molar-refractivity contribution in [2.24, 2.45) is 11.3 Å². The van der Waals surface area contributed by atoms with Crippen LogP contribution in [-0.4, -0.2) is 54.2 Å². The lowest BCUT2D eigenvalue weighted by Crippen LogP contribution is -2.45. The fourth-order valence-electron chi connectivity index (χ4n) is 3.14. The number of hydrogen-bond acceptors (Lipinski definition) is 5. The molecular formula is C16H20O7. The van der Waals surface area contributed by atoms with Gasteiger partial charge in [-0.2, -0.15) is 0 Å². The molecule has 3 rings (SSSR count). The van der Waals surface area contributed by atoms with E-state index in [0.717, 1.165) is 0 Å². The van der Waals surface area contributed by atoms with E-state index in [9.17, 15) is 19.8 Å². The highest BCUT2D eigenvalue weighted by atomic mass is 16.6. The summed E-state index contributed by atoms with van der Waals surface area (Å²) in [4.78, 5) is 23.9. The van der Waals surface area contributed by atoms with Gasteiger partial charge in [-0.25, -0.2) is 0 Å². The molecule has 0 bridgehead atoms. The number of carbonyl (C=O) groups is 2. The van der Waals surface area contributed by atoms with Crippen LogP contribution in [0.5, 0.6) is 0 Å². The topological polar surface area (TPSA) is 109 Å². The predicted octanol–water partition coefficient (Wildman–Crippen LogP) is 1.20. The van der Waals surface area contributed by atoms with E-state index in [0.29, 0.717) is 25.2 Å². The van der Waals surface area contributed by atoms with E-state index >= 15 is 0 Å². The van der Waals surface area contributed by atoms with Gasteiger partial charge in [-0.1, -0.05) is 12.2 Å². The fourth-order valence-corrected chi connectivity index (χ4v) is 3.14. The van der Waals surface area contributed by atoms with Gasteiger partial charge in [0.1, 0.15) is 17.1 Å². The summed E-state index contributed by atoms with van der Waals surface area (Å²) in [5.74, 6) is -3.39. The molecule has 1 aliphatic carbocycles.